The molecular formula is C22H18ClN7O. The number of rotatable bonds is 4. The number of nitriles is 1. The van der Waals surface area contributed by atoms with Crippen molar-refractivity contribution < 1.29 is 0 Å². The van der Waals surface area contributed by atoms with Gasteiger partial charge in [-0.15, -0.1) is 0 Å². The molecule has 0 saturated heterocycles. The van der Waals surface area contributed by atoms with E-state index < -0.39 is 6.04 Å². The molecular weight excluding hydrogens is 414 g/mol. The van der Waals surface area contributed by atoms with Gasteiger partial charge in [0.25, 0.3) is 5.56 Å². The van der Waals surface area contributed by atoms with Crippen LogP contribution in [-0.4, -0.2) is 26.6 Å². The number of nitrogens with two attached hydrogens (primary N) is 1. The summed E-state index contributed by atoms with van der Waals surface area (Å²) in [4.78, 5) is 28.2. The molecule has 4 rings (SSSR count). The predicted octanol–water partition coefficient (Wildman–Crippen LogP) is 3.48. The Hall–Kier alpha value is -3.96. The first-order chi connectivity index (χ1) is 14.9. The Morgan fingerprint density at radius 2 is 1.90 bits per heavy atom. The maximum Gasteiger partial charge on any atom is 0.267 e. The van der Waals surface area contributed by atoms with Crippen molar-refractivity contribution >= 4 is 34.3 Å². The highest BCUT2D eigenvalue weighted by Crippen LogP contribution is 2.28. The highest BCUT2D eigenvalue weighted by molar-refractivity contribution is 6.35. The maximum atomic E-state index is 13.5. The summed E-state index contributed by atoms with van der Waals surface area (Å²) in [6.45, 7) is 1.87. The molecule has 8 nitrogen and oxygen atoms in total. The van der Waals surface area contributed by atoms with Crippen LogP contribution in [0.4, 0.5) is 11.8 Å². The van der Waals surface area contributed by atoms with Gasteiger partial charge in [-0.3, -0.25) is 9.36 Å². The molecule has 0 saturated carbocycles. The minimum atomic E-state index is -0.447. The van der Waals surface area contributed by atoms with Crippen molar-refractivity contribution in [2.75, 3.05) is 17.7 Å². The van der Waals surface area contributed by atoms with Gasteiger partial charge in [-0.1, -0.05) is 35.9 Å². The van der Waals surface area contributed by atoms with Crippen molar-refractivity contribution in [3.63, 3.8) is 0 Å². The Bertz CT molecular complexity index is 1380. The van der Waals surface area contributed by atoms with Crippen LogP contribution in [-0.2, 0) is 0 Å². The van der Waals surface area contributed by atoms with Crippen LogP contribution in [0.3, 0.4) is 0 Å². The van der Waals surface area contributed by atoms with E-state index in [9.17, 15) is 10.1 Å². The minimum Gasteiger partial charge on any atom is -0.368 e. The van der Waals surface area contributed by atoms with Crippen molar-refractivity contribution in [2.24, 2.45) is 0 Å². The predicted molar refractivity (Wildman–Crippen MR) is 120 cm³/mol. The molecule has 0 spiro atoms. The van der Waals surface area contributed by atoms with E-state index in [1.165, 1.54) is 10.8 Å². The summed E-state index contributed by atoms with van der Waals surface area (Å²) in [5.41, 5.74) is 6.88. The molecule has 31 heavy (non-hydrogen) atoms. The molecule has 2 aromatic carbocycles. The highest BCUT2D eigenvalue weighted by Gasteiger charge is 2.24. The average molecular weight is 432 g/mol. The van der Waals surface area contributed by atoms with Crippen LogP contribution < -0.4 is 16.2 Å². The molecule has 1 atom stereocenters. The molecule has 0 aliphatic heterocycles. The standard InChI is InChI=1S/C22H18ClN7O/c1-13(29(2)20-14(11-24)12-26-22(25)28-20)19-27-17-10-6-9-16(23)18(17)21(31)30(19)15-7-4-3-5-8-15/h3-10,12-13H,1-2H3,(H2,25,26,28). The van der Waals surface area contributed by atoms with E-state index in [-0.39, 0.29) is 17.1 Å². The first-order valence-electron chi connectivity index (χ1n) is 9.44. The molecule has 0 aliphatic carbocycles. The summed E-state index contributed by atoms with van der Waals surface area (Å²) < 4.78 is 1.53. The second-order valence-corrected chi connectivity index (χ2v) is 7.35. The van der Waals surface area contributed by atoms with Gasteiger partial charge in [0.2, 0.25) is 5.95 Å². The largest absolute Gasteiger partial charge is 0.368 e. The lowest BCUT2D eigenvalue weighted by molar-refractivity contribution is 0.647. The smallest absolute Gasteiger partial charge is 0.267 e. The Balaban J connectivity index is 1.98. The monoisotopic (exact) mass is 431 g/mol. The third-order valence-corrected chi connectivity index (χ3v) is 5.40. The molecule has 4 aromatic rings. The zero-order chi connectivity index (χ0) is 22.1. The number of benzene rings is 2. The molecule has 0 fully saturated rings. The number of hydrogen-bond donors (Lipinski definition) is 1. The fourth-order valence-electron chi connectivity index (χ4n) is 3.40. The van der Waals surface area contributed by atoms with Gasteiger partial charge in [-0.25, -0.2) is 9.97 Å². The maximum absolute atomic E-state index is 13.5. The lowest BCUT2D eigenvalue weighted by Crippen LogP contribution is -2.32. The van der Waals surface area contributed by atoms with E-state index in [0.717, 1.165) is 0 Å². The molecule has 9 heteroatoms. The van der Waals surface area contributed by atoms with Gasteiger partial charge in [-0.05, 0) is 31.2 Å². The van der Waals surface area contributed by atoms with Crippen LogP contribution in [0.25, 0.3) is 16.6 Å². The molecule has 1 unspecified atom stereocenters. The van der Waals surface area contributed by atoms with Crippen LogP contribution in [0, 0.1) is 11.3 Å². The second kappa shape index (κ2) is 8.05. The second-order valence-electron chi connectivity index (χ2n) is 6.94. The van der Waals surface area contributed by atoms with Gasteiger partial charge in [-0.2, -0.15) is 10.2 Å². The van der Waals surface area contributed by atoms with Crippen molar-refractivity contribution in [3.8, 4) is 11.8 Å². The molecule has 0 bridgehead atoms. The molecule has 0 radical (unpaired) electrons. The third kappa shape index (κ3) is 3.56. The Kier molecular flexibility index (Phi) is 5.28. The van der Waals surface area contributed by atoms with Gasteiger partial charge >= 0.3 is 0 Å². The van der Waals surface area contributed by atoms with Crippen LogP contribution in [0.5, 0.6) is 0 Å². The van der Waals surface area contributed by atoms with Crippen molar-refractivity contribution in [1.29, 1.82) is 5.26 Å². The van der Waals surface area contributed by atoms with Gasteiger partial charge in [0, 0.05) is 7.05 Å². The Morgan fingerprint density at radius 3 is 2.61 bits per heavy atom. The minimum absolute atomic E-state index is 0.0479. The summed E-state index contributed by atoms with van der Waals surface area (Å²) in [5, 5.41) is 10.2. The van der Waals surface area contributed by atoms with Crippen molar-refractivity contribution in [2.45, 2.75) is 13.0 Å². The molecule has 2 N–H and O–H groups in total. The van der Waals surface area contributed by atoms with Crippen LogP contribution >= 0.6 is 11.6 Å². The Morgan fingerprint density at radius 1 is 1.16 bits per heavy atom. The number of anilines is 2. The van der Waals surface area contributed by atoms with Gasteiger partial charge in [0.1, 0.15) is 17.5 Å². The molecule has 0 amide bonds. The first kappa shape index (κ1) is 20.3. The van der Waals surface area contributed by atoms with Gasteiger partial charge in [0.15, 0.2) is 5.82 Å². The summed E-state index contributed by atoms with van der Waals surface area (Å²) in [6, 6.07) is 16.0. The molecule has 0 aliphatic rings. The molecule has 2 aromatic heterocycles. The number of hydrogen-bond acceptors (Lipinski definition) is 7. The normalized spacial score (nSPS) is 11.8. The van der Waals surface area contributed by atoms with E-state index >= 15 is 0 Å². The lowest BCUT2D eigenvalue weighted by atomic mass is 10.1. The molecule has 154 valence electrons. The van der Waals surface area contributed by atoms with E-state index in [2.05, 4.69) is 16.0 Å². The topological polar surface area (TPSA) is 114 Å². The zero-order valence-electron chi connectivity index (χ0n) is 16.8. The van der Waals surface area contributed by atoms with Crippen LogP contribution in [0.15, 0.2) is 59.5 Å². The van der Waals surface area contributed by atoms with Crippen LogP contribution in [0.2, 0.25) is 5.02 Å². The number of para-hydroxylation sites is 1. The van der Waals surface area contributed by atoms with E-state index in [1.54, 1.807) is 30.1 Å². The van der Waals surface area contributed by atoms with E-state index in [4.69, 9.17) is 22.3 Å². The quantitative estimate of drug-likeness (QED) is 0.526. The van der Waals surface area contributed by atoms with Gasteiger partial charge < -0.3 is 10.6 Å². The van der Waals surface area contributed by atoms with Crippen LogP contribution in [0.1, 0.15) is 24.4 Å². The first-order valence-corrected chi connectivity index (χ1v) is 9.82. The average Bonchev–Trinajstić information content (AvgIpc) is 2.78. The summed E-state index contributed by atoms with van der Waals surface area (Å²) in [7, 11) is 1.76. The van der Waals surface area contributed by atoms with E-state index in [0.29, 0.717) is 33.3 Å². The summed E-state index contributed by atoms with van der Waals surface area (Å²) in [5.74, 6) is 0.865. The highest BCUT2D eigenvalue weighted by atomic mass is 35.5. The van der Waals surface area contributed by atoms with Gasteiger partial charge in [0.05, 0.1) is 33.9 Å². The fourth-order valence-corrected chi connectivity index (χ4v) is 3.65. The number of halogens is 1. The van der Waals surface area contributed by atoms with Crippen molar-refractivity contribution in [1.82, 2.24) is 19.5 Å². The fraction of sp³-hybridized carbons (Fsp3) is 0.136. The SMILES string of the molecule is CC(c1nc2cccc(Cl)c2c(=O)n1-c1ccccc1)N(C)c1nc(N)ncc1C#N. The zero-order valence-corrected chi connectivity index (χ0v) is 17.6. The lowest BCUT2D eigenvalue weighted by Gasteiger charge is -2.28. The molecule has 2 heterocycles. The summed E-state index contributed by atoms with van der Waals surface area (Å²) in [6.07, 6.45) is 1.37. The number of aromatic nitrogens is 4. The number of fused-ring (bicyclic) bond motifs is 1. The summed E-state index contributed by atoms with van der Waals surface area (Å²) >= 11 is 6.34. The Labute approximate surface area is 183 Å². The number of nitrogen functional groups attached to an aromatic ring is 1. The third-order valence-electron chi connectivity index (χ3n) is 5.08. The van der Waals surface area contributed by atoms with E-state index in [1.807, 2.05) is 37.3 Å². The van der Waals surface area contributed by atoms with Crippen molar-refractivity contribution in [3.05, 3.63) is 81.5 Å². The number of nitrogens with zero attached hydrogens (tertiary/aromatic N) is 6.